The van der Waals surface area contributed by atoms with Gasteiger partial charge in [-0.3, -0.25) is 19.0 Å². The molecular formula is C23H21FN4O3. The lowest BCUT2D eigenvalue weighted by Crippen LogP contribution is -2.44. The number of nitrogens with zero attached hydrogens (tertiary/aromatic N) is 4. The summed E-state index contributed by atoms with van der Waals surface area (Å²) in [6, 6.07) is 13.2. The van der Waals surface area contributed by atoms with Crippen LogP contribution in [-0.4, -0.2) is 38.2 Å². The van der Waals surface area contributed by atoms with E-state index in [9.17, 15) is 18.8 Å². The normalized spacial score (nSPS) is 19.4. The molecule has 2 atom stereocenters. The molecule has 1 fully saturated rings. The molecule has 2 aliphatic rings. The number of likely N-dealkylation sites (tertiary alicyclic amines) is 1. The van der Waals surface area contributed by atoms with Crippen LogP contribution in [-0.2, 0) is 13.1 Å². The van der Waals surface area contributed by atoms with Gasteiger partial charge in [0.25, 0.3) is 5.91 Å². The van der Waals surface area contributed by atoms with Crippen LogP contribution in [0.1, 0.15) is 33.2 Å². The van der Waals surface area contributed by atoms with Crippen LogP contribution in [0.3, 0.4) is 0 Å². The molecule has 3 heterocycles. The number of amides is 1. The first-order chi connectivity index (χ1) is 14.9. The van der Waals surface area contributed by atoms with E-state index in [0.29, 0.717) is 31.0 Å². The van der Waals surface area contributed by atoms with Crippen molar-refractivity contribution in [2.45, 2.75) is 25.9 Å². The highest BCUT2D eigenvalue weighted by Gasteiger charge is 2.44. The second kappa shape index (κ2) is 7.30. The molecule has 1 aromatic heterocycles. The van der Waals surface area contributed by atoms with Crippen LogP contribution in [0.5, 0.6) is 0 Å². The van der Waals surface area contributed by atoms with Gasteiger partial charge in [0.15, 0.2) is 0 Å². The van der Waals surface area contributed by atoms with E-state index in [-0.39, 0.29) is 30.1 Å². The number of halogens is 1. The number of aromatic nitrogens is 3. The number of benzene rings is 2. The predicted molar refractivity (Wildman–Crippen MR) is 112 cm³/mol. The summed E-state index contributed by atoms with van der Waals surface area (Å²) in [7, 11) is 0. The first-order valence-electron chi connectivity index (χ1n) is 10.2. The van der Waals surface area contributed by atoms with E-state index < -0.39 is 11.1 Å². The van der Waals surface area contributed by atoms with Crippen molar-refractivity contribution in [2.75, 3.05) is 13.1 Å². The minimum absolute atomic E-state index is 0.0271. The number of carbonyl (C=O) groups excluding carboxylic acids is 1. The molecule has 0 N–H and O–H groups in total. The molecule has 0 saturated carbocycles. The molecule has 0 spiro atoms. The number of carbonyl (C=O) groups is 1. The van der Waals surface area contributed by atoms with Gasteiger partial charge in [-0.05, 0) is 36.8 Å². The summed E-state index contributed by atoms with van der Waals surface area (Å²) in [5, 5.41) is 4.53. The largest absolute Gasteiger partial charge is 0.338 e. The maximum atomic E-state index is 13.2. The van der Waals surface area contributed by atoms with Gasteiger partial charge in [-0.15, -0.1) is 0 Å². The highest BCUT2D eigenvalue weighted by atomic mass is 19.1. The molecule has 1 amide bonds. The molecular weight excluding hydrogens is 399 g/mol. The monoisotopic (exact) mass is 420 g/mol. The Morgan fingerprint density at radius 2 is 1.71 bits per heavy atom. The highest BCUT2D eigenvalue weighted by Crippen LogP contribution is 2.37. The lowest BCUT2D eigenvalue weighted by molar-refractivity contribution is 0.0783. The molecule has 2 aliphatic heterocycles. The summed E-state index contributed by atoms with van der Waals surface area (Å²) in [5.74, 6) is -0.0903. The third-order valence-electron chi connectivity index (χ3n) is 6.18. The summed E-state index contributed by atoms with van der Waals surface area (Å²) >= 11 is 0. The summed E-state index contributed by atoms with van der Waals surface area (Å²) in [6.07, 6.45) is 0. The van der Waals surface area contributed by atoms with Gasteiger partial charge in [0, 0.05) is 37.0 Å². The van der Waals surface area contributed by atoms with Crippen molar-refractivity contribution in [3.05, 3.63) is 97.6 Å². The van der Waals surface area contributed by atoms with E-state index in [1.165, 1.54) is 33.5 Å². The van der Waals surface area contributed by atoms with Crippen LogP contribution in [0.2, 0.25) is 0 Å². The third kappa shape index (κ3) is 3.37. The van der Waals surface area contributed by atoms with Crippen molar-refractivity contribution >= 4 is 5.91 Å². The van der Waals surface area contributed by atoms with Gasteiger partial charge in [-0.1, -0.05) is 29.8 Å². The van der Waals surface area contributed by atoms with Gasteiger partial charge in [0.1, 0.15) is 11.6 Å². The van der Waals surface area contributed by atoms with Crippen LogP contribution in [0.15, 0.2) is 58.1 Å². The Kier molecular flexibility index (Phi) is 4.57. The van der Waals surface area contributed by atoms with Crippen molar-refractivity contribution in [3.63, 3.8) is 0 Å². The van der Waals surface area contributed by atoms with E-state index in [1.54, 1.807) is 4.90 Å². The number of hydrogen-bond acceptors (Lipinski definition) is 4. The highest BCUT2D eigenvalue weighted by molar-refractivity contribution is 5.94. The zero-order chi connectivity index (χ0) is 21.7. The van der Waals surface area contributed by atoms with Crippen molar-refractivity contribution in [2.24, 2.45) is 5.92 Å². The Labute approximate surface area is 177 Å². The second-order valence-electron chi connectivity index (χ2n) is 8.31. The summed E-state index contributed by atoms with van der Waals surface area (Å²) < 4.78 is 15.9. The average molecular weight is 420 g/mol. The summed E-state index contributed by atoms with van der Waals surface area (Å²) in [6.45, 7) is 3.46. The van der Waals surface area contributed by atoms with Gasteiger partial charge < -0.3 is 4.90 Å². The van der Waals surface area contributed by atoms with Gasteiger partial charge in [0.2, 0.25) is 0 Å². The first kappa shape index (κ1) is 19.4. The molecule has 0 bridgehead atoms. The lowest BCUT2D eigenvalue weighted by atomic mass is 10.00. The van der Waals surface area contributed by atoms with Crippen LogP contribution in [0.4, 0.5) is 4.39 Å². The van der Waals surface area contributed by atoms with E-state index >= 15 is 0 Å². The second-order valence-corrected chi connectivity index (χ2v) is 8.31. The molecule has 3 aromatic rings. The fourth-order valence-electron chi connectivity index (χ4n) is 4.50. The zero-order valence-electron chi connectivity index (χ0n) is 17.0. The molecule has 7 nitrogen and oxygen atoms in total. The first-order valence-corrected chi connectivity index (χ1v) is 10.2. The molecule has 0 radical (unpaired) electrons. The van der Waals surface area contributed by atoms with Gasteiger partial charge in [-0.25, -0.2) is 9.07 Å². The van der Waals surface area contributed by atoms with E-state index in [1.807, 2.05) is 31.2 Å². The Morgan fingerprint density at radius 1 is 1.00 bits per heavy atom. The molecule has 8 heteroatoms. The van der Waals surface area contributed by atoms with E-state index in [2.05, 4.69) is 5.10 Å². The lowest BCUT2D eigenvalue weighted by Gasteiger charge is -2.18. The fraction of sp³-hybridized carbons (Fsp3) is 0.304. The van der Waals surface area contributed by atoms with Crippen molar-refractivity contribution in [1.82, 2.24) is 19.2 Å². The molecule has 0 unspecified atom stereocenters. The average Bonchev–Trinajstić information content (AvgIpc) is 3.32. The minimum Gasteiger partial charge on any atom is -0.338 e. The van der Waals surface area contributed by atoms with Gasteiger partial charge in [0.05, 0.1) is 6.54 Å². The smallest absolute Gasteiger partial charge is 0.332 e. The quantitative estimate of drug-likeness (QED) is 0.605. The minimum atomic E-state index is -0.636. The van der Waals surface area contributed by atoms with Crippen LogP contribution in [0, 0.1) is 18.7 Å². The Balaban J connectivity index is 1.43. The van der Waals surface area contributed by atoms with E-state index in [0.717, 1.165) is 11.1 Å². The van der Waals surface area contributed by atoms with Crippen molar-refractivity contribution < 1.29 is 9.18 Å². The Hall–Kier alpha value is -3.55. The van der Waals surface area contributed by atoms with Gasteiger partial charge in [-0.2, -0.15) is 5.10 Å². The number of hydrogen-bond donors (Lipinski definition) is 0. The SMILES string of the molecule is Cc1ccc(Cn2nc3n(c(=O)c2=O)C[C@H]2CN(C(=O)c4ccc(F)cc4)C[C@H]32)cc1. The van der Waals surface area contributed by atoms with Crippen molar-refractivity contribution in [1.29, 1.82) is 0 Å². The summed E-state index contributed by atoms with van der Waals surface area (Å²) in [5.41, 5.74) is 1.22. The standard InChI is InChI=1S/C23H21FN4O3/c1-14-2-4-15(5-3-14)10-28-23(31)22(30)27-12-17-11-26(13-19(17)20(27)25-28)21(29)16-6-8-18(24)9-7-16/h2-9,17,19H,10-13H2,1H3/t17-,19+/m1/s1. The maximum absolute atomic E-state index is 13.2. The third-order valence-corrected chi connectivity index (χ3v) is 6.18. The Bertz CT molecular complexity index is 1280. The summed E-state index contributed by atoms with van der Waals surface area (Å²) in [4.78, 5) is 39.8. The molecule has 1 saturated heterocycles. The van der Waals surface area contributed by atoms with Gasteiger partial charge >= 0.3 is 11.1 Å². The zero-order valence-corrected chi connectivity index (χ0v) is 17.0. The topological polar surface area (TPSA) is 77.2 Å². The molecule has 2 aromatic carbocycles. The maximum Gasteiger partial charge on any atom is 0.332 e. The fourth-order valence-corrected chi connectivity index (χ4v) is 4.50. The Morgan fingerprint density at radius 3 is 2.42 bits per heavy atom. The molecule has 158 valence electrons. The van der Waals surface area contributed by atoms with Crippen LogP contribution in [0.25, 0.3) is 0 Å². The number of aryl methyl sites for hydroxylation is 1. The molecule has 31 heavy (non-hydrogen) atoms. The van der Waals surface area contributed by atoms with E-state index in [4.69, 9.17) is 0 Å². The van der Waals surface area contributed by atoms with Crippen molar-refractivity contribution in [3.8, 4) is 0 Å². The van der Waals surface area contributed by atoms with Crippen LogP contribution < -0.4 is 11.1 Å². The van der Waals surface area contributed by atoms with Crippen LogP contribution >= 0.6 is 0 Å². The molecule has 0 aliphatic carbocycles. The predicted octanol–water partition coefficient (Wildman–Crippen LogP) is 1.77. The number of rotatable bonds is 3. The number of fused-ring (bicyclic) bond motifs is 3. The molecule has 5 rings (SSSR count).